The van der Waals surface area contributed by atoms with E-state index < -0.39 is 25.8 Å². The molecule has 1 fully saturated rings. The molecule has 3 aliphatic rings. The fourth-order valence-corrected chi connectivity index (χ4v) is 8.22. The van der Waals surface area contributed by atoms with Crippen molar-refractivity contribution < 1.29 is 26.7 Å². The van der Waals surface area contributed by atoms with Gasteiger partial charge in [-0.3, -0.25) is 4.79 Å². The Morgan fingerprint density at radius 1 is 1.26 bits per heavy atom. The van der Waals surface area contributed by atoms with Crippen molar-refractivity contribution in [3.05, 3.63) is 22.3 Å². The van der Waals surface area contributed by atoms with Gasteiger partial charge in [-0.2, -0.15) is 8.42 Å². The van der Waals surface area contributed by atoms with Gasteiger partial charge < -0.3 is 15.3 Å². The second-order valence-electron chi connectivity index (χ2n) is 10.9. The Morgan fingerprint density at radius 3 is 2.60 bits per heavy atom. The van der Waals surface area contributed by atoms with Gasteiger partial charge in [0.1, 0.15) is 31.1 Å². The SMILES string of the molecule is CC(C)(C)CCN1C(=O)C(C2=NS(=O)(=O)c3c(CCS(C)(=O)=O)csc3N2)=C(O)C2CCCCC21. The number of sulfone groups is 1. The van der Waals surface area contributed by atoms with Crippen LogP contribution < -0.4 is 5.32 Å². The Morgan fingerprint density at radius 2 is 1.94 bits per heavy atom. The van der Waals surface area contributed by atoms with Crippen molar-refractivity contribution in [3.8, 4) is 0 Å². The lowest BCUT2D eigenvalue weighted by Gasteiger charge is -2.45. The minimum Gasteiger partial charge on any atom is -0.511 e. The summed E-state index contributed by atoms with van der Waals surface area (Å²) in [6.07, 6.45) is 5.35. The van der Waals surface area contributed by atoms with Crippen molar-refractivity contribution in [3.63, 3.8) is 0 Å². The summed E-state index contributed by atoms with van der Waals surface area (Å²) in [6, 6.07) is -0.108. The smallest absolute Gasteiger partial charge is 0.287 e. The number of thiophene rings is 1. The number of aliphatic hydroxyl groups is 1. The minimum atomic E-state index is -4.20. The zero-order valence-corrected chi connectivity index (χ0v) is 22.9. The fraction of sp³-hybridized carbons (Fsp3) is 0.652. The number of amidine groups is 1. The third-order valence-corrected chi connectivity index (χ3v) is 10.2. The molecule has 4 rings (SSSR count). The van der Waals surface area contributed by atoms with E-state index in [9.17, 15) is 26.7 Å². The van der Waals surface area contributed by atoms with Gasteiger partial charge in [-0.15, -0.1) is 15.7 Å². The first-order chi connectivity index (χ1) is 16.2. The molecule has 1 aromatic rings. The molecule has 35 heavy (non-hydrogen) atoms. The van der Waals surface area contributed by atoms with Crippen LogP contribution >= 0.6 is 11.3 Å². The largest absolute Gasteiger partial charge is 0.511 e. The third-order valence-electron chi connectivity index (χ3n) is 6.81. The topological polar surface area (TPSA) is 133 Å². The number of hydrogen-bond donors (Lipinski definition) is 2. The molecule has 12 heteroatoms. The van der Waals surface area contributed by atoms with E-state index in [1.807, 2.05) is 0 Å². The maximum Gasteiger partial charge on any atom is 0.287 e. The molecule has 1 amide bonds. The molecule has 3 heterocycles. The van der Waals surface area contributed by atoms with Crippen molar-refractivity contribution in [2.45, 2.75) is 70.2 Å². The van der Waals surface area contributed by atoms with Gasteiger partial charge in [0, 0.05) is 24.8 Å². The normalized spacial score (nSPS) is 24.5. The van der Waals surface area contributed by atoms with Gasteiger partial charge in [0.05, 0.1) is 5.75 Å². The average Bonchev–Trinajstić information content (AvgIpc) is 3.15. The Bertz CT molecular complexity index is 1300. The van der Waals surface area contributed by atoms with Gasteiger partial charge in [-0.05, 0) is 42.0 Å². The zero-order chi connectivity index (χ0) is 25.8. The maximum atomic E-state index is 13.7. The highest BCUT2D eigenvalue weighted by Crippen LogP contribution is 2.42. The molecule has 2 unspecified atom stereocenters. The summed E-state index contributed by atoms with van der Waals surface area (Å²) in [5, 5.41) is 16.0. The molecule has 0 bridgehead atoms. The van der Waals surface area contributed by atoms with Crippen LogP contribution in [-0.4, -0.2) is 63.2 Å². The lowest BCUT2D eigenvalue weighted by molar-refractivity contribution is -0.133. The highest BCUT2D eigenvalue weighted by atomic mass is 32.2. The predicted octanol–water partition coefficient (Wildman–Crippen LogP) is 3.50. The molecule has 9 nitrogen and oxygen atoms in total. The molecule has 0 aromatic carbocycles. The number of aliphatic hydroxyl groups excluding tert-OH is 1. The lowest BCUT2D eigenvalue weighted by Crippen LogP contribution is -2.53. The number of nitrogens with zero attached hydrogens (tertiary/aromatic N) is 2. The third kappa shape index (κ3) is 5.43. The first-order valence-electron chi connectivity index (χ1n) is 11.8. The van der Waals surface area contributed by atoms with Crippen LogP contribution in [0.25, 0.3) is 0 Å². The summed E-state index contributed by atoms with van der Waals surface area (Å²) in [7, 11) is -7.48. The molecule has 0 radical (unpaired) electrons. The molecule has 0 saturated heterocycles. The average molecular weight is 544 g/mol. The van der Waals surface area contributed by atoms with Crippen molar-refractivity contribution >= 4 is 47.9 Å². The van der Waals surface area contributed by atoms with Gasteiger partial charge in [-0.25, -0.2) is 8.42 Å². The van der Waals surface area contributed by atoms with E-state index in [4.69, 9.17) is 0 Å². The van der Waals surface area contributed by atoms with Crippen LogP contribution in [0, 0.1) is 11.3 Å². The van der Waals surface area contributed by atoms with Crippen molar-refractivity contribution in [2.75, 3.05) is 23.9 Å². The van der Waals surface area contributed by atoms with E-state index in [-0.39, 0.29) is 56.6 Å². The Kier molecular flexibility index (Phi) is 6.86. The van der Waals surface area contributed by atoms with Gasteiger partial charge in [0.25, 0.3) is 15.9 Å². The summed E-state index contributed by atoms with van der Waals surface area (Å²) in [5.74, 6) is -1.10. The zero-order valence-electron chi connectivity index (χ0n) is 20.5. The van der Waals surface area contributed by atoms with Crippen LogP contribution in [0.1, 0.15) is 58.4 Å². The number of rotatable bonds is 6. The van der Waals surface area contributed by atoms with Crippen molar-refractivity contribution in [1.29, 1.82) is 0 Å². The molecular weight excluding hydrogens is 510 g/mol. The lowest BCUT2D eigenvalue weighted by atomic mass is 9.77. The van der Waals surface area contributed by atoms with E-state index in [0.717, 1.165) is 49.7 Å². The molecule has 2 aliphatic heterocycles. The summed E-state index contributed by atoms with van der Waals surface area (Å²) in [4.78, 5) is 15.4. The summed E-state index contributed by atoms with van der Waals surface area (Å²) in [6.45, 7) is 6.83. The van der Waals surface area contributed by atoms with Crippen LogP contribution in [0.4, 0.5) is 5.00 Å². The van der Waals surface area contributed by atoms with Crippen LogP contribution in [0.5, 0.6) is 0 Å². The molecule has 0 spiro atoms. The van der Waals surface area contributed by atoms with Crippen molar-refractivity contribution in [2.24, 2.45) is 15.7 Å². The van der Waals surface area contributed by atoms with Crippen LogP contribution in [0.15, 0.2) is 26.0 Å². The maximum absolute atomic E-state index is 13.7. The molecule has 1 aliphatic carbocycles. The number of aryl methyl sites for hydroxylation is 1. The van der Waals surface area contributed by atoms with Crippen LogP contribution in [-0.2, 0) is 31.1 Å². The number of amides is 1. The highest BCUT2D eigenvalue weighted by Gasteiger charge is 2.46. The highest BCUT2D eigenvalue weighted by molar-refractivity contribution is 7.91. The minimum absolute atomic E-state index is 0.00595. The number of hydrogen-bond acceptors (Lipinski definition) is 8. The van der Waals surface area contributed by atoms with Crippen molar-refractivity contribution in [1.82, 2.24) is 4.90 Å². The Balaban J connectivity index is 1.71. The van der Waals surface area contributed by atoms with E-state index >= 15 is 0 Å². The molecule has 1 saturated carbocycles. The Labute approximate surface area is 211 Å². The number of carbonyl (C=O) groups excluding carboxylic acids is 1. The Hall–Kier alpha value is -1.92. The van der Waals surface area contributed by atoms with E-state index in [2.05, 4.69) is 30.5 Å². The van der Waals surface area contributed by atoms with Gasteiger partial charge in [0.15, 0.2) is 5.84 Å². The van der Waals surface area contributed by atoms with Crippen LogP contribution in [0.3, 0.4) is 0 Å². The first kappa shape index (κ1) is 26.2. The second-order valence-corrected chi connectivity index (χ2v) is 15.5. The molecule has 1 aromatic heterocycles. The van der Waals surface area contributed by atoms with E-state index in [0.29, 0.717) is 12.1 Å². The molecule has 194 valence electrons. The van der Waals surface area contributed by atoms with Gasteiger partial charge in [0.2, 0.25) is 0 Å². The van der Waals surface area contributed by atoms with E-state index in [1.165, 1.54) is 0 Å². The number of anilines is 1. The van der Waals surface area contributed by atoms with Crippen LogP contribution in [0.2, 0.25) is 0 Å². The number of fused-ring (bicyclic) bond motifs is 2. The fourth-order valence-electron chi connectivity index (χ4n) is 4.96. The number of nitrogens with one attached hydrogen (secondary N) is 1. The molecule has 2 N–H and O–H groups in total. The second kappa shape index (κ2) is 9.19. The molecular formula is C23H33N3O6S3. The van der Waals surface area contributed by atoms with E-state index in [1.54, 1.807) is 10.3 Å². The van der Waals surface area contributed by atoms with Gasteiger partial charge in [-0.1, -0.05) is 33.6 Å². The number of carbonyl (C=O) groups is 1. The monoisotopic (exact) mass is 543 g/mol. The summed E-state index contributed by atoms with van der Waals surface area (Å²) >= 11 is 1.12. The quantitative estimate of drug-likeness (QED) is 0.561. The first-order valence-corrected chi connectivity index (χ1v) is 16.2. The van der Waals surface area contributed by atoms with Gasteiger partial charge >= 0.3 is 0 Å². The number of sulfonamides is 1. The molecule has 2 atom stereocenters. The predicted molar refractivity (Wildman–Crippen MR) is 137 cm³/mol. The standard InChI is InChI=1S/C23H33N3O6S3/c1-23(2,3)10-11-26-16-8-6-5-7-15(16)18(27)17(22(26)28)20-24-21-19(35(31,32)25-20)14(13-33-21)9-12-34(4,29)30/h13,15-16,27H,5-12H2,1-4H3,(H,24,25). The summed E-state index contributed by atoms with van der Waals surface area (Å²) in [5.41, 5.74) is 0.298. The summed E-state index contributed by atoms with van der Waals surface area (Å²) < 4.78 is 53.4.